The molecule has 4 aliphatic rings. The van der Waals surface area contributed by atoms with Crippen molar-refractivity contribution in [1.29, 1.82) is 0 Å². The minimum absolute atomic E-state index is 0.00834. The normalized spacial score (nSPS) is 32.9. The second-order valence-electron chi connectivity index (χ2n) is 12.5. The molecule has 3 saturated carbocycles. The maximum Gasteiger partial charge on any atom is 0.328 e. The third kappa shape index (κ3) is 4.61. The molecule has 0 saturated heterocycles. The van der Waals surface area contributed by atoms with Crippen LogP contribution in [0, 0.1) is 38.7 Å². The van der Waals surface area contributed by atoms with Crippen LogP contribution in [0.4, 0.5) is 5.69 Å². The minimum Gasteiger partial charge on any atom is -0.480 e. The number of hydrogen-bond donors (Lipinski definition) is 0. The first-order valence-corrected chi connectivity index (χ1v) is 14.3. The average molecular weight is 549 g/mol. The maximum atomic E-state index is 12.8. The zero-order chi connectivity index (χ0) is 28.1. The van der Waals surface area contributed by atoms with Crippen molar-refractivity contribution in [1.82, 2.24) is 15.0 Å². The van der Waals surface area contributed by atoms with Gasteiger partial charge in [-0.1, -0.05) is 42.8 Å². The van der Waals surface area contributed by atoms with E-state index in [0.717, 1.165) is 51.4 Å². The molecule has 10 heteroatoms. The van der Waals surface area contributed by atoms with Crippen LogP contribution in [-0.4, -0.2) is 37.8 Å². The predicted octanol–water partition coefficient (Wildman–Crippen LogP) is 5.21. The van der Waals surface area contributed by atoms with E-state index in [4.69, 9.17) is 9.47 Å². The number of carbonyl (C=O) groups is 2. The lowest BCUT2D eigenvalue weighted by Gasteiger charge is -2.56. The van der Waals surface area contributed by atoms with Gasteiger partial charge in [-0.25, -0.2) is 4.68 Å². The van der Waals surface area contributed by atoms with E-state index in [0.29, 0.717) is 29.2 Å². The number of benzene rings is 1. The second kappa shape index (κ2) is 10.1. The first-order chi connectivity index (χ1) is 19.2. The van der Waals surface area contributed by atoms with Crippen LogP contribution in [-0.2, 0) is 27.5 Å². The molecule has 0 unspecified atom stereocenters. The summed E-state index contributed by atoms with van der Waals surface area (Å²) >= 11 is 0. The molecule has 0 spiro atoms. The van der Waals surface area contributed by atoms with Gasteiger partial charge in [-0.15, -0.1) is 5.10 Å². The number of esters is 1. The van der Waals surface area contributed by atoms with E-state index in [2.05, 4.69) is 30.2 Å². The highest BCUT2D eigenvalue weighted by Gasteiger charge is 2.58. The van der Waals surface area contributed by atoms with Crippen LogP contribution in [0.5, 0.6) is 5.75 Å². The summed E-state index contributed by atoms with van der Waals surface area (Å²) in [6, 6.07) is 6.14. The Morgan fingerprint density at radius 1 is 1.15 bits per heavy atom. The van der Waals surface area contributed by atoms with Crippen molar-refractivity contribution >= 4 is 17.4 Å². The molecule has 3 fully saturated rings. The van der Waals surface area contributed by atoms with Gasteiger partial charge in [-0.3, -0.25) is 19.7 Å². The molecule has 0 aliphatic heterocycles. The van der Waals surface area contributed by atoms with Gasteiger partial charge in [0, 0.05) is 24.3 Å². The van der Waals surface area contributed by atoms with E-state index in [1.807, 2.05) is 0 Å². The van der Waals surface area contributed by atoms with Crippen LogP contribution in [0.25, 0.3) is 0 Å². The number of Topliss-reactive ketones (excluding diaryl/α,β-unsaturated/α-hetero) is 1. The molecule has 4 aliphatic carbocycles. The molecular weight excluding hydrogens is 512 g/mol. The van der Waals surface area contributed by atoms with Crippen molar-refractivity contribution in [3.05, 3.63) is 57.9 Å². The van der Waals surface area contributed by atoms with E-state index in [1.54, 1.807) is 18.3 Å². The molecule has 0 bridgehead atoms. The number of carbonyl (C=O) groups excluding carboxylic acids is 2. The van der Waals surface area contributed by atoms with Gasteiger partial charge in [0.1, 0.15) is 30.7 Å². The first-order valence-electron chi connectivity index (χ1n) is 14.3. The van der Waals surface area contributed by atoms with Gasteiger partial charge in [-0.05, 0) is 67.8 Å². The van der Waals surface area contributed by atoms with E-state index in [1.165, 1.54) is 22.4 Å². The summed E-state index contributed by atoms with van der Waals surface area (Å²) in [4.78, 5) is 36.1. The summed E-state index contributed by atoms with van der Waals surface area (Å²) in [7, 11) is 0. The summed E-state index contributed by atoms with van der Waals surface area (Å²) < 4.78 is 12.8. The van der Waals surface area contributed by atoms with Crippen LogP contribution in [0.2, 0.25) is 0 Å². The van der Waals surface area contributed by atoms with Crippen molar-refractivity contribution < 1.29 is 24.0 Å². The Morgan fingerprint density at radius 2 is 1.93 bits per heavy atom. The third-order valence-electron chi connectivity index (χ3n) is 10.4. The zero-order valence-corrected chi connectivity index (χ0v) is 23.1. The van der Waals surface area contributed by atoms with Gasteiger partial charge in [0.25, 0.3) is 0 Å². The quantitative estimate of drug-likeness (QED) is 0.200. The second-order valence-corrected chi connectivity index (χ2v) is 12.5. The highest BCUT2D eigenvalue weighted by molar-refractivity contribution is 5.87. The summed E-state index contributed by atoms with van der Waals surface area (Å²) in [5.74, 6) is 1.94. The molecule has 40 heavy (non-hydrogen) atoms. The lowest BCUT2D eigenvalue weighted by Crippen LogP contribution is -2.50. The van der Waals surface area contributed by atoms with Gasteiger partial charge in [0.05, 0.1) is 11.1 Å². The SMILES string of the molecule is C[C@]12CC[C@H](OC(=O)Cn3cc(COc4ccccc4[N+](=O)[O-])nn3)CC1=CC[C@@H]1[C@@H]2CC[C@]2(C)C(=O)CC[C@@H]12. The fourth-order valence-electron chi connectivity index (χ4n) is 8.22. The molecule has 212 valence electrons. The molecule has 1 heterocycles. The van der Waals surface area contributed by atoms with E-state index in [9.17, 15) is 19.7 Å². The highest BCUT2D eigenvalue weighted by Crippen LogP contribution is 2.64. The number of ether oxygens (including phenoxy) is 2. The Hall–Kier alpha value is -3.56. The molecule has 10 nitrogen and oxygen atoms in total. The van der Waals surface area contributed by atoms with Crippen LogP contribution in [0.3, 0.4) is 0 Å². The Kier molecular flexibility index (Phi) is 6.74. The fraction of sp³-hybridized carbons (Fsp3) is 0.600. The number of nitrogens with zero attached hydrogens (tertiary/aromatic N) is 4. The van der Waals surface area contributed by atoms with Crippen LogP contribution < -0.4 is 4.74 Å². The smallest absolute Gasteiger partial charge is 0.328 e. The van der Waals surface area contributed by atoms with Gasteiger partial charge in [0.2, 0.25) is 0 Å². The topological polar surface area (TPSA) is 126 Å². The monoisotopic (exact) mass is 548 g/mol. The minimum atomic E-state index is -0.500. The molecule has 0 amide bonds. The van der Waals surface area contributed by atoms with Gasteiger partial charge < -0.3 is 9.47 Å². The number of nitro benzene ring substituents is 1. The lowest BCUT2D eigenvalue weighted by molar-refractivity contribution is -0.385. The van der Waals surface area contributed by atoms with Gasteiger partial charge >= 0.3 is 11.7 Å². The Bertz CT molecular complexity index is 1370. The van der Waals surface area contributed by atoms with Gasteiger partial charge in [-0.2, -0.15) is 0 Å². The van der Waals surface area contributed by atoms with Crippen LogP contribution in [0.1, 0.15) is 70.9 Å². The van der Waals surface area contributed by atoms with Crippen molar-refractivity contribution in [2.75, 3.05) is 0 Å². The number of fused-ring (bicyclic) bond motifs is 5. The number of aromatic nitrogens is 3. The first kappa shape index (κ1) is 26.7. The number of ketones is 1. The third-order valence-corrected chi connectivity index (χ3v) is 10.4. The number of nitro groups is 1. The molecule has 2 aromatic rings. The molecule has 0 N–H and O–H groups in total. The molecule has 6 rings (SSSR count). The summed E-state index contributed by atoms with van der Waals surface area (Å²) in [5.41, 5.74) is 1.74. The Morgan fingerprint density at radius 3 is 2.75 bits per heavy atom. The summed E-state index contributed by atoms with van der Waals surface area (Å²) in [6.45, 7) is 4.54. The molecule has 1 aromatic carbocycles. The van der Waals surface area contributed by atoms with Crippen molar-refractivity contribution in [3.63, 3.8) is 0 Å². The van der Waals surface area contributed by atoms with E-state index >= 15 is 0 Å². The summed E-state index contributed by atoms with van der Waals surface area (Å²) in [5, 5.41) is 19.2. The highest BCUT2D eigenvalue weighted by atomic mass is 16.6. The summed E-state index contributed by atoms with van der Waals surface area (Å²) in [6.07, 6.45) is 11.3. The lowest BCUT2D eigenvalue weighted by atomic mass is 9.48. The van der Waals surface area contributed by atoms with Crippen molar-refractivity contribution in [3.8, 4) is 5.75 Å². The molecule has 6 atom stereocenters. The van der Waals surface area contributed by atoms with Crippen LogP contribution >= 0.6 is 0 Å². The maximum absolute atomic E-state index is 12.8. The predicted molar refractivity (Wildman–Crippen MR) is 144 cm³/mol. The van der Waals surface area contributed by atoms with E-state index < -0.39 is 4.92 Å². The average Bonchev–Trinajstić information content (AvgIpc) is 3.50. The van der Waals surface area contributed by atoms with Crippen molar-refractivity contribution in [2.45, 2.75) is 84.5 Å². The largest absolute Gasteiger partial charge is 0.480 e. The Balaban J connectivity index is 1.04. The van der Waals surface area contributed by atoms with Crippen molar-refractivity contribution in [2.24, 2.45) is 28.6 Å². The zero-order valence-electron chi connectivity index (χ0n) is 23.1. The molecular formula is C30H36N4O6. The van der Waals surface area contributed by atoms with Crippen LogP contribution in [0.15, 0.2) is 42.1 Å². The number of rotatable bonds is 7. The number of para-hydroxylation sites is 2. The molecule has 0 radical (unpaired) electrons. The number of hydrogen-bond acceptors (Lipinski definition) is 8. The fourth-order valence-corrected chi connectivity index (χ4v) is 8.22. The van der Waals surface area contributed by atoms with E-state index in [-0.39, 0.29) is 47.5 Å². The van der Waals surface area contributed by atoms with Gasteiger partial charge in [0.15, 0.2) is 5.75 Å². The Labute approximate surface area is 233 Å². The molecule has 1 aromatic heterocycles. The number of allylic oxidation sites excluding steroid dienone is 1. The standard InChI is InChI=1S/C30H36N4O6/c1-29-13-11-21(15-19(29)7-8-22-23-9-10-27(35)30(23,2)14-12-24(22)29)40-28(36)17-33-16-20(31-32-33)18-39-26-6-4-3-5-25(26)34(37)38/h3-7,16,21-24H,8-15,17-18H2,1-2H3/t21-,22-,23-,24-,29-,30-/m0/s1.